The summed E-state index contributed by atoms with van der Waals surface area (Å²) in [6.07, 6.45) is 0. The molecule has 0 radical (unpaired) electrons. The number of rotatable bonds is 3. The lowest BCUT2D eigenvalue weighted by atomic mass is 10.1. The van der Waals surface area contributed by atoms with Crippen molar-refractivity contribution in [3.63, 3.8) is 0 Å². The average molecular weight is 233 g/mol. The Bertz CT molecular complexity index is 409. The van der Waals surface area contributed by atoms with Crippen molar-refractivity contribution in [3.8, 4) is 0 Å². The van der Waals surface area contributed by atoms with Crippen LogP contribution < -0.4 is 0 Å². The van der Waals surface area contributed by atoms with E-state index in [4.69, 9.17) is 5.11 Å². The van der Waals surface area contributed by atoms with Crippen molar-refractivity contribution in [3.05, 3.63) is 35.1 Å². The van der Waals surface area contributed by atoms with E-state index >= 15 is 0 Å². The Morgan fingerprint density at radius 1 is 1.31 bits per heavy atom. The standard InChI is InChI=1S/C10H10F3NO2/c1-14(4-5-15)10(16)6-2-3-7(11)9(13)8(6)12/h2-3,15H,4-5H2,1H3. The summed E-state index contributed by atoms with van der Waals surface area (Å²) in [5.74, 6) is -5.36. The monoisotopic (exact) mass is 233 g/mol. The van der Waals surface area contributed by atoms with Crippen LogP contribution in [0.25, 0.3) is 0 Å². The summed E-state index contributed by atoms with van der Waals surface area (Å²) in [4.78, 5) is 12.5. The van der Waals surface area contributed by atoms with Crippen molar-refractivity contribution in [2.45, 2.75) is 0 Å². The Morgan fingerprint density at radius 3 is 2.50 bits per heavy atom. The second-order valence-electron chi connectivity index (χ2n) is 3.17. The molecule has 0 saturated heterocycles. The number of aliphatic hydroxyl groups excluding tert-OH is 1. The van der Waals surface area contributed by atoms with Gasteiger partial charge in [0.05, 0.1) is 12.2 Å². The van der Waals surface area contributed by atoms with E-state index < -0.39 is 28.9 Å². The van der Waals surface area contributed by atoms with Crippen molar-refractivity contribution in [1.82, 2.24) is 4.90 Å². The average Bonchev–Trinajstić information content (AvgIpc) is 2.26. The van der Waals surface area contributed by atoms with Crippen LogP contribution in [-0.4, -0.2) is 36.1 Å². The van der Waals surface area contributed by atoms with Crippen molar-refractivity contribution in [1.29, 1.82) is 0 Å². The maximum atomic E-state index is 13.2. The molecule has 0 fully saturated rings. The molecule has 0 saturated carbocycles. The Morgan fingerprint density at radius 2 is 1.94 bits per heavy atom. The molecule has 1 aromatic rings. The fraction of sp³-hybridized carbons (Fsp3) is 0.300. The minimum atomic E-state index is -1.68. The predicted molar refractivity (Wildman–Crippen MR) is 50.4 cm³/mol. The number of carbonyl (C=O) groups excluding carboxylic acids is 1. The zero-order chi connectivity index (χ0) is 12.3. The van der Waals surface area contributed by atoms with Gasteiger partial charge in [-0.2, -0.15) is 0 Å². The van der Waals surface area contributed by atoms with Crippen LogP contribution in [0, 0.1) is 17.5 Å². The van der Waals surface area contributed by atoms with Gasteiger partial charge in [0.2, 0.25) is 0 Å². The van der Waals surface area contributed by atoms with Crippen molar-refractivity contribution < 1.29 is 23.1 Å². The van der Waals surface area contributed by atoms with Gasteiger partial charge >= 0.3 is 0 Å². The first-order valence-corrected chi connectivity index (χ1v) is 4.49. The number of benzene rings is 1. The molecule has 0 aliphatic carbocycles. The summed E-state index contributed by atoms with van der Waals surface area (Å²) in [7, 11) is 1.32. The molecule has 0 heterocycles. The quantitative estimate of drug-likeness (QED) is 0.796. The predicted octanol–water partition coefficient (Wildman–Crippen LogP) is 1.17. The van der Waals surface area contributed by atoms with Gasteiger partial charge in [-0.25, -0.2) is 13.2 Å². The molecular weight excluding hydrogens is 223 g/mol. The van der Waals surface area contributed by atoms with E-state index in [0.717, 1.165) is 11.0 Å². The van der Waals surface area contributed by atoms with Gasteiger partial charge in [0.25, 0.3) is 5.91 Å². The smallest absolute Gasteiger partial charge is 0.256 e. The number of halogens is 3. The van der Waals surface area contributed by atoms with E-state index in [1.54, 1.807) is 0 Å². The van der Waals surface area contributed by atoms with Gasteiger partial charge in [-0.3, -0.25) is 4.79 Å². The lowest BCUT2D eigenvalue weighted by molar-refractivity contribution is 0.0761. The minimum Gasteiger partial charge on any atom is -0.395 e. The third-order valence-corrected chi connectivity index (χ3v) is 2.05. The minimum absolute atomic E-state index is 0.0166. The molecule has 0 aliphatic heterocycles. The number of hydrogen-bond acceptors (Lipinski definition) is 2. The summed E-state index contributed by atoms with van der Waals surface area (Å²) in [6.45, 7) is -0.315. The fourth-order valence-corrected chi connectivity index (χ4v) is 1.15. The van der Waals surface area contributed by atoms with Gasteiger partial charge in [0, 0.05) is 13.6 Å². The Balaban J connectivity index is 3.05. The molecule has 88 valence electrons. The molecule has 0 unspecified atom stereocenters. The normalized spacial score (nSPS) is 10.3. The van der Waals surface area contributed by atoms with Crippen molar-refractivity contribution in [2.24, 2.45) is 0 Å². The van der Waals surface area contributed by atoms with Crippen LogP contribution in [0.15, 0.2) is 12.1 Å². The van der Waals surface area contributed by atoms with Gasteiger partial charge in [-0.1, -0.05) is 0 Å². The molecule has 1 rings (SSSR count). The van der Waals surface area contributed by atoms with Gasteiger partial charge in [-0.15, -0.1) is 0 Å². The molecule has 3 nitrogen and oxygen atoms in total. The molecule has 6 heteroatoms. The highest BCUT2D eigenvalue weighted by molar-refractivity contribution is 5.94. The first kappa shape index (κ1) is 12.5. The highest BCUT2D eigenvalue weighted by Crippen LogP contribution is 2.16. The Kier molecular flexibility index (Phi) is 3.89. The molecule has 16 heavy (non-hydrogen) atoms. The summed E-state index contributed by atoms with van der Waals surface area (Å²) in [5.41, 5.74) is -0.560. The van der Waals surface area contributed by atoms with E-state index in [0.29, 0.717) is 6.07 Å². The first-order valence-electron chi connectivity index (χ1n) is 4.49. The molecule has 0 bridgehead atoms. The van der Waals surface area contributed by atoms with Crippen molar-refractivity contribution in [2.75, 3.05) is 20.2 Å². The van der Waals surface area contributed by atoms with Crippen LogP contribution in [0.3, 0.4) is 0 Å². The summed E-state index contributed by atoms with van der Waals surface area (Å²) < 4.78 is 38.6. The highest BCUT2D eigenvalue weighted by Gasteiger charge is 2.20. The molecule has 0 aromatic heterocycles. The largest absolute Gasteiger partial charge is 0.395 e. The number of likely N-dealkylation sites (N-methyl/N-ethyl adjacent to an activating group) is 1. The van der Waals surface area contributed by atoms with Crippen molar-refractivity contribution >= 4 is 5.91 Å². The maximum Gasteiger partial charge on any atom is 0.256 e. The lowest BCUT2D eigenvalue weighted by Crippen LogP contribution is -2.30. The summed E-state index contributed by atoms with van der Waals surface area (Å²) in [6, 6.07) is 1.54. The van der Waals surface area contributed by atoms with Gasteiger partial charge in [-0.05, 0) is 12.1 Å². The molecule has 1 N–H and O–H groups in total. The molecule has 0 atom stereocenters. The van der Waals surface area contributed by atoms with Gasteiger partial charge in [0.15, 0.2) is 17.5 Å². The second-order valence-corrected chi connectivity index (χ2v) is 3.17. The summed E-state index contributed by atoms with van der Waals surface area (Å²) >= 11 is 0. The topological polar surface area (TPSA) is 40.5 Å². The molecule has 0 spiro atoms. The number of hydrogen-bond donors (Lipinski definition) is 1. The van der Waals surface area contributed by atoms with E-state index in [-0.39, 0.29) is 13.2 Å². The van der Waals surface area contributed by atoms with E-state index in [1.165, 1.54) is 7.05 Å². The number of nitrogens with zero attached hydrogens (tertiary/aromatic N) is 1. The van der Waals surface area contributed by atoms with E-state index in [1.807, 2.05) is 0 Å². The van der Waals surface area contributed by atoms with E-state index in [9.17, 15) is 18.0 Å². The SMILES string of the molecule is CN(CCO)C(=O)c1ccc(F)c(F)c1F. The number of amides is 1. The van der Waals surface area contributed by atoms with Crippen LogP contribution in [0.1, 0.15) is 10.4 Å². The zero-order valence-corrected chi connectivity index (χ0v) is 8.51. The lowest BCUT2D eigenvalue weighted by Gasteiger charge is -2.16. The molecule has 1 amide bonds. The maximum absolute atomic E-state index is 13.2. The Hall–Kier alpha value is -1.56. The molecular formula is C10H10F3NO2. The third-order valence-electron chi connectivity index (χ3n) is 2.05. The van der Waals surface area contributed by atoms with Crippen LogP contribution in [-0.2, 0) is 0 Å². The van der Waals surface area contributed by atoms with E-state index in [2.05, 4.69) is 0 Å². The first-order chi connectivity index (χ1) is 7.49. The molecule has 1 aromatic carbocycles. The van der Waals surface area contributed by atoms with Crippen LogP contribution in [0.2, 0.25) is 0 Å². The fourth-order valence-electron chi connectivity index (χ4n) is 1.15. The van der Waals surface area contributed by atoms with Crippen LogP contribution in [0.5, 0.6) is 0 Å². The van der Waals surface area contributed by atoms with Gasteiger partial charge in [0.1, 0.15) is 0 Å². The van der Waals surface area contributed by atoms with Gasteiger partial charge < -0.3 is 10.0 Å². The van der Waals surface area contributed by atoms with Crippen LogP contribution >= 0.6 is 0 Å². The Labute approximate surface area is 90.1 Å². The zero-order valence-electron chi connectivity index (χ0n) is 8.51. The highest BCUT2D eigenvalue weighted by atomic mass is 19.2. The number of aliphatic hydroxyl groups is 1. The molecule has 0 aliphatic rings. The second kappa shape index (κ2) is 4.98. The van der Waals surface area contributed by atoms with Crippen LogP contribution in [0.4, 0.5) is 13.2 Å². The third kappa shape index (κ3) is 2.33. The summed E-state index contributed by atoms with van der Waals surface area (Å²) in [5, 5.41) is 8.58. The number of carbonyl (C=O) groups is 1.